The molecule has 1 aromatic carbocycles. The molecular formula is C26H27ClF2N8. The van der Waals surface area contributed by atoms with Gasteiger partial charge in [-0.25, -0.2) is 0 Å². The SMILES string of the molecule is CC(C)(C)CNc1c(C#N)cnc2c(Cl)cc(NC(C3=CN(C4CC4)NN3)c3ccc(F)nc3F)cc12. The van der Waals surface area contributed by atoms with Crippen molar-refractivity contribution in [2.24, 2.45) is 5.41 Å². The predicted molar refractivity (Wildman–Crippen MR) is 139 cm³/mol. The van der Waals surface area contributed by atoms with Crippen molar-refractivity contribution in [3.05, 3.63) is 70.4 Å². The lowest BCUT2D eigenvalue weighted by atomic mass is 9.96. The molecule has 11 heteroatoms. The molecule has 8 nitrogen and oxygen atoms in total. The van der Waals surface area contributed by atoms with E-state index < -0.39 is 17.9 Å². The lowest BCUT2D eigenvalue weighted by Gasteiger charge is -2.23. The van der Waals surface area contributed by atoms with E-state index in [1.165, 1.54) is 12.3 Å². The van der Waals surface area contributed by atoms with Gasteiger partial charge in [0.25, 0.3) is 0 Å². The molecule has 3 aromatic rings. The Labute approximate surface area is 218 Å². The van der Waals surface area contributed by atoms with Crippen molar-refractivity contribution in [1.82, 2.24) is 25.9 Å². The minimum Gasteiger partial charge on any atom is -0.383 e. The lowest BCUT2D eigenvalue weighted by Crippen LogP contribution is -2.38. The summed E-state index contributed by atoms with van der Waals surface area (Å²) >= 11 is 6.63. The van der Waals surface area contributed by atoms with Gasteiger partial charge in [0.15, 0.2) is 0 Å². The molecule has 0 amide bonds. The van der Waals surface area contributed by atoms with Crippen LogP contribution >= 0.6 is 11.6 Å². The number of nitrogens with zero attached hydrogens (tertiary/aromatic N) is 4. The maximum absolute atomic E-state index is 14.9. The standard InChI is InChI=1S/C26H27ClF2N8/c1-26(2,3)13-32-22-14(10-30)11-31-23-18(22)8-15(9-19(23)27)33-24(17-6-7-21(28)34-25(17)29)20-12-37(36-35-20)16-4-5-16/h6-9,11-12,16,24,33,35-36H,4-5,13H2,1-3H3,(H,31,32). The van der Waals surface area contributed by atoms with Crippen molar-refractivity contribution in [1.29, 1.82) is 5.26 Å². The monoisotopic (exact) mass is 524 g/mol. The van der Waals surface area contributed by atoms with Gasteiger partial charge in [0.1, 0.15) is 6.07 Å². The molecule has 1 saturated carbocycles. The summed E-state index contributed by atoms with van der Waals surface area (Å²) in [6.45, 7) is 6.89. The van der Waals surface area contributed by atoms with Crippen LogP contribution in [0.5, 0.6) is 0 Å². The first-order valence-electron chi connectivity index (χ1n) is 12.0. The topological polar surface area (TPSA) is 101 Å². The van der Waals surface area contributed by atoms with Crippen LogP contribution < -0.4 is 21.6 Å². The van der Waals surface area contributed by atoms with Crippen molar-refractivity contribution in [3.63, 3.8) is 0 Å². The van der Waals surface area contributed by atoms with Gasteiger partial charge >= 0.3 is 0 Å². The van der Waals surface area contributed by atoms with E-state index in [4.69, 9.17) is 11.6 Å². The molecule has 5 rings (SSSR count). The Morgan fingerprint density at radius 1 is 1.27 bits per heavy atom. The first kappa shape index (κ1) is 25.0. The summed E-state index contributed by atoms with van der Waals surface area (Å²) in [5.74, 6) is -1.82. The molecule has 0 radical (unpaired) electrons. The number of hydrazine groups is 2. The summed E-state index contributed by atoms with van der Waals surface area (Å²) in [7, 11) is 0. The molecule has 0 saturated heterocycles. The van der Waals surface area contributed by atoms with Crippen LogP contribution in [-0.2, 0) is 0 Å². The number of nitrogens with one attached hydrogen (secondary N) is 4. The molecule has 1 aliphatic carbocycles. The van der Waals surface area contributed by atoms with Crippen molar-refractivity contribution >= 4 is 33.9 Å². The third-order valence-electron chi connectivity index (χ3n) is 6.17. The molecule has 1 atom stereocenters. The maximum atomic E-state index is 14.9. The zero-order valence-corrected chi connectivity index (χ0v) is 21.4. The average molecular weight is 525 g/mol. The van der Waals surface area contributed by atoms with E-state index in [1.807, 2.05) is 17.3 Å². The number of halogens is 3. The fourth-order valence-electron chi connectivity index (χ4n) is 4.14. The second-order valence-electron chi connectivity index (χ2n) is 10.5. The van der Waals surface area contributed by atoms with Crippen LogP contribution in [0.15, 0.2) is 42.4 Å². The van der Waals surface area contributed by atoms with E-state index in [1.54, 1.807) is 6.07 Å². The molecule has 37 heavy (non-hydrogen) atoms. The number of fused-ring (bicyclic) bond motifs is 1. The van der Waals surface area contributed by atoms with Gasteiger partial charge in [-0.3, -0.25) is 9.99 Å². The molecule has 1 fully saturated rings. The van der Waals surface area contributed by atoms with Crippen LogP contribution in [-0.4, -0.2) is 27.6 Å². The predicted octanol–water partition coefficient (Wildman–Crippen LogP) is 5.37. The average Bonchev–Trinajstić information content (AvgIpc) is 3.57. The van der Waals surface area contributed by atoms with Crippen molar-refractivity contribution in [3.8, 4) is 6.07 Å². The quantitative estimate of drug-likeness (QED) is 0.306. The molecule has 192 valence electrons. The fourth-order valence-corrected chi connectivity index (χ4v) is 4.41. The normalized spacial score (nSPS) is 16.2. The van der Waals surface area contributed by atoms with E-state index >= 15 is 0 Å². The molecule has 1 aliphatic heterocycles. The van der Waals surface area contributed by atoms with Gasteiger partial charge in [-0.15, -0.1) is 5.53 Å². The highest BCUT2D eigenvalue weighted by atomic mass is 35.5. The summed E-state index contributed by atoms with van der Waals surface area (Å²) in [4.78, 5) is 7.78. The summed E-state index contributed by atoms with van der Waals surface area (Å²) in [6, 6.07) is 7.83. The van der Waals surface area contributed by atoms with Crippen LogP contribution in [0.25, 0.3) is 10.9 Å². The minimum atomic E-state index is -0.919. The number of rotatable bonds is 7. The van der Waals surface area contributed by atoms with Gasteiger partial charge in [0, 0.05) is 41.6 Å². The van der Waals surface area contributed by atoms with Crippen LogP contribution in [0, 0.1) is 28.6 Å². The lowest BCUT2D eigenvalue weighted by molar-refractivity contribution is 0.260. The Kier molecular flexibility index (Phi) is 6.52. The first-order valence-corrected chi connectivity index (χ1v) is 12.4. The third kappa shape index (κ3) is 5.38. The summed E-state index contributed by atoms with van der Waals surface area (Å²) in [5.41, 5.74) is 9.04. The van der Waals surface area contributed by atoms with E-state index in [-0.39, 0.29) is 11.0 Å². The molecular weight excluding hydrogens is 498 g/mol. The number of benzene rings is 1. The van der Waals surface area contributed by atoms with Gasteiger partial charge in [-0.05, 0) is 42.5 Å². The van der Waals surface area contributed by atoms with E-state index in [0.29, 0.717) is 51.1 Å². The minimum absolute atomic E-state index is 0.0404. The zero-order chi connectivity index (χ0) is 26.3. The Bertz CT molecular complexity index is 1420. The van der Waals surface area contributed by atoms with Gasteiger partial charge in [0.2, 0.25) is 11.9 Å². The Balaban J connectivity index is 1.57. The van der Waals surface area contributed by atoms with E-state index in [2.05, 4.69) is 58.4 Å². The zero-order valence-electron chi connectivity index (χ0n) is 20.7. The highest BCUT2D eigenvalue weighted by Gasteiger charge is 2.33. The van der Waals surface area contributed by atoms with Gasteiger partial charge < -0.3 is 16.1 Å². The Morgan fingerprint density at radius 3 is 2.73 bits per heavy atom. The van der Waals surface area contributed by atoms with Gasteiger partial charge in [0.05, 0.1) is 33.5 Å². The van der Waals surface area contributed by atoms with Crippen LogP contribution in [0.1, 0.15) is 50.8 Å². The summed E-state index contributed by atoms with van der Waals surface area (Å²) < 4.78 is 28.5. The first-order chi connectivity index (χ1) is 17.6. The van der Waals surface area contributed by atoms with Crippen molar-refractivity contribution in [2.45, 2.75) is 45.7 Å². The van der Waals surface area contributed by atoms with E-state index in [9.17, 15) is 14.0 Å². The van der Waals surface area contributed by atoms with Gasteiger partial charge in [-0.2, -0.15) is 19.0 Å². The highest BCUT2D eigenvalue weighted by Crippen LogP contribution is 2.37. The Morgan fingerprint density at radius 2 is 2.05 bits per heavy atom. The molecule has 3 heterocycles. The molecule has 0 bridgehead atoms. The maximum Gasteiger partial charge on any atom is 0.221 e. The second kappa shape index (κ2) is 9.65. The number of aromatic nitrogens is 2. The molecule has 0 spiro atoms. The largest absolute Gasteiger partial charge is 0.383 e. The summed E-state index contributed by atoms with van der Waals surface area (Å²) in [6.07, 6.45) is 5.48. The number of nitriles is 1. The third-order valence-corrected chi connectivity index (χ3v) is 6.45. The number of pyridine rings is 2. The smallest absolute Gasteiger partial charge is 0.221 e. The van der Waals surface area contributed by atoms with Crippen molar-refractivity contribution in [2.75, 3.05) is 17.2 Å². The number of anilines is 2. The highest BCUT2D eigenvalue weighted by molar-refractivity contribution is 6.35. The fraction of sp³-hybridized carbons (Fsp3) is 0.346. The second-order valence-corrected chi connectivity index (χ2v) is 10.9. The number of hydrogen-bond acceptors (Lipinski definition) is 8. The molecule has 4 N–H and O–H groups in total. The molecule has 1 unspecified atom stereocenters. The van der Waals surface area contributed by atoms with E-state index in [0.717, 1.165) is 18.9 Å². The molecule has 2 aliphatic rings. The van der Waals surface area contributed by atoms with Crippen LogP contribution in [0.2, 0.25) is 5.02 Å². The van der Waals surface area contributed by atoms with Crippen LogP contribution in [0.4, 0.5) is 20.2 Å². The van der Waals surface area contributed by atoms with Gasteiger partial charge in [-0.1, -0.05) is 32.4 Å². The van der Waals surface area contributed by atoms with Crippen LogP contribution in [0.3, 0.4) is 0 Å². The van der Waals surface area contributed by atoms with Crippen molar-refractivity contribution < 1.29 is 8.78 Å². The number of hydrogen-bond donors (Lipinski definition) is 4. The Hall–Kier alpha value is -3.68. The molecule has 2 aromatic heterocycles. The summed E-state index contributed by atoms with van der Waals surface area (Å²) in [5, 5.41) is 19.4.